The summed E-state index contributed by atoms with van der Waals surface area (Å²) in [7, 11) is 0. The highest BCUT2D eigenvalue weighted by Gasteiger charge is 2.26. The van der Waals surface area contributed by atoms with Crippen molar-refractivity contribution >= 4 is 23.7 Å². The zero-order chi connectivity index (χ0) is 29.2. The van der Waals surface area contributed by atoms with Crippen molar-refractivity contribution in [2.24, 2.45) is 0 Å². The molecule has 1 N–H and O–H groups in total. The first-order valence-corrected chi connectivity index (χ1v) is 14.0. The largest absolute Gasteiger partial charge is 0.511 e. The molecule has 0 spiro atoms. The predicted molar refractivity (Wildman–Crippen MR) is 152 cm³/mol. The quantitative estimate of drug-likeness (QED) is 0.111. The minimum atomic E-state index is -1.17. The van der Waals surface area contributed by atoms with Gasteiger partial charge in [-0.3, -0.25) is 0 Å². The number of halogens is 1. The number of aromatic nitrogens is 6. The molecular weight excluding hydrogens is 548 g/mol. The molecule has 0 amide bonds. The number of aryl methyl sites for hydroxylation is 1. The van der Waals surface area contributed by atoms with E-state index in [0.717, 1.165) is 41.5 Å². The van der Waals surface area contributed by atoms with Crippen LogP contribution in [0.2, 0.25) is 5.15 Å². The van der Waals surface area contributed by atoms with E-state index in [-0.39, 0.29) is 17.5 Å². The van der Waals surface area contributed by atoms with Crippen molar-refractivity contribution < 1.29 is 23.8 Å². The van der Waals surface area contributed by atoms with Crippen LogP contribution < -0.4 is 0 Å². The number of carbonyl (C=O) groups is 2. The molecule has 1 unspecified atom stereocenters. The van der Waals surface area contributed by atoms with Gasteiger partial charge >= 0.3 is 12.1 Å². The van der Waals surface area contributed by atoms with Crippen LogP contribution in [0.5, 0.6) is 0 Å². The van der Waals surface area contributed by atoms with E-state index < -0.39 is 18.4 Å². The van der Waals surface area contributed by atoms with Gasteiger partial charge in [0.1, 0.15) is 5.82 Å². The second kappa shape index (κ2) is 14.4. The molecule has 41 heavy (non-hydrogen) atoms. The summed E-state index contributed by atoms with van der Waals surface area (Å²) in [4.78, 5) is 29.5. The fourth-order valence-corrected chi connectivity index (χ4v) is 4.51. The summed E-state index contributed by atoms with van der Waals surface area (Å²) >= 11 is 6.45. The first-order valence-electron chi connectivity index (χ1n) is 13.6. The number of tetrazole rings is 1. The van der Waals surface area contributed by atoms with Crippen LogP contribution >= 0.6 is 11.6 Å². The number of carbonyl (C=O) groups excluding carboxylic acids is 2. The van der Waals surface area contributed by atoms with Crippen LogP contribution in [0.1, 0.15) is 68.3 Å². The maximum absolute atomic E-state index is 13.2. The van der Waals surface area contributed by atoms with Crippen LogP contribution in [0.3, 0.4) is 0 Å². The van der Waals surface area contributed by atoms with Crippen LogP contribution in [-0.2, 0) is 27.2 Å². The summed E-state index contributed by atoms with van der Waals surface area (Å²) in [6.45, 7) is 6.07. The van der Waals surface area contributed by atoms with Crippen LogP contribution in [0.15, 0.2) is 48.5 Å². The lowest BCUT2D eigenvalue weighted by molar-refractivity contribution is -0.0824. The van der Waals surface area contributed by atoms with Gasteiger partial charge in [-0.05, 0) is 34.7 Å². The van der Waals surface area contributed by atoms with Crippen molar-refractivity contribution in [3.05, 3.63) is 70.8 Å². The fourth-order valence-electron chi connectivity index (χ4n) is 4.24. The Balaban J connectivity index is 1.54. The van der Waals surface area contributed by atoms with Gasteiger partial charge in [0, 0.05) is 25.5 Å². The average Bonchev–Trinajstić information content (AvgIpc) is 3.60. The molecule has 4 rings (SSSR count). The maximum Gasteiger partial charge on any atom is 0.511 e. The van der Waals surface area contributed by atoms with E-state index in [2.05, 4.69) is 32.5 Å². The lowest BCUT2D eigenvalue weighted by atomic mass is 9.98. The van der Waals surface area contributed by atoms with Gasteiger partial charge in [-0.25, -0.2) is 14.6 Å². The summed E-state index contributed by atoms with van der Waals surface area (Å²) < 4.78 is 17.2. The lowest BCUT2D eigenvalue weighted by Gasteiger charge is -2.16. The Morgan fingerprint density at radius 3 is 2.41 bits per heavy atom. The average molecular weight is 581 g/mol. The molecule has 11 nitrogen and oxygen atoms in total. The fraction of sp³-hybridized carbons (Fsp3) is 0.379. The number of nitrogens with zero attached hydrogens (tertiary/aromatic N) is 5. The highest BCUT2D eigenvalue weighted by atomic mass is 35.5. The normalized spacial score (nSPS) is 11.7. The number of benzene rings is 2. The zero-order valence-corrected chi connectivity index (χ0v) is 24.1. The molecule has 0 radical (unpaired) electrons. The Morgan fingerprint density at radius 2 is 1.73 bits per heavy atom. The molecule has 0 aliphatic rings. The highest BCUT2D eigenvalue weighted by molar-refractivity contribution is 6.32. The molecule has 1 atom stereocenters. The molecule has 0 saturated heterocycles. The van der Waals surface area contributed by atoms with Gasteiger partial charge in [0.05, 0.1) is 6.61 Å². The first kappa shape index (κ1) is 29.7. The molecule has 0 aliphatic carbocycles. The van der Waals surface area contributed by atoms with Crippen molar-refractivity contribution in [2.45, 2.75) is 65.7 Å². The summed E-state index contributed by atoms with van der Waals surface area (Å²) in [5.74, 6) is 0.432. The summed E-state index contributed by atoms with van der Waals surface area (Å²) in [5, 5.41) is 14.4. The van der Waals surface area contributed by atoms with E-state index in [1.165, 1.54) is 6.92 Å². The number of nitrogens with one attached hydrogen (secondary N) is 1. The number of aromatic amines is 1. The third kappa shape index (κ3) is 7.69. The number of unbranched alkanes of at least 4 members (excludes halogenated alkanes) is 2. The molecule has 0 fully saturated rings. The van der Waals surface area contributed by atoms with Gasteiger partial charge in [0.2, 0.25) is 12.1 Å². The second-order valence-corrected chi connectivity index (χ2v) is 9.74. The maximum atomic E-state index is 13.2. The minimum Gasteiger partial charge on any atom is -0.434 e. The van der Waals surface area contributed by atoms with Gasteiger partial charge in [-0.15, -0.1) is 10.2 Å². The Bertz CT molecular complexity index is 1440. The minimum absolute atomic E-state index is 0.0319. The molecular formula is C29H33ClN6O5. The number of hydrogen-bond acceptors (Lipinski definition) is 9. The Labute approximate surface area is 243 Å². The Morgan fingerprint density at radius 1 is 1.00 bits per heavy atom. The number of rotatable bonds is 13. The van der Waals surface area contributed by atoms with Crippen LogP contribution in [-0.4, -0.2) is 55.2 Å². The second-order valence-electron chi connectivity index (χ2n) is 9.38. The molecule has 0 bridgehead atoms. The lowest BCUT2D eigenvalue weighted by Crippen LogP contribution is -2.24. The van der Waals surface area contributed by atoms with E-state index in [1.807, 2.05) is 55.5 Å². The Hall–Kier alpha value is -4.25. The van der Waals surface area contributed by atoms with E-state index in [0.29, 0.717) is 31.0 Å². The van der Waals surface area contributed by atoms with Crippen molar-refractivity contribution in [3.63, 3.8) is 0 Å². The Kier molecular flexibility index (Phi) is 10.4. The molecule has 12 heteroatoms. The van der Waals surface area contributed by atoms with Crippen molar-refractivity contribution in [1.29, 1.82) is 0 Å². The van der Waals surface area contributed by atoms with Crippen LogP contribution in [0.4, 0.5) is 4.79 Å². The molecule has 216 valence electrons. The molecule has 2 aromatic heterocycles. The van der Waals surface area contributed by atoms with Crippen molar-refractivity contribution in [2.75, 3.05) is 6.61 Å². The summed E-state index contributed by atoms with van der Waals surface area (Å²) in [6.07, 6.45) is 1.97. The number of hydrogen-bond donors (Lipinski definition) is 1. The van der Waals surface area contributed by atoms with Crippen LogP contribution in [0, 0.1) is 0 Å². The molecule has 0 saturated carbocycles. The number of esters is 1. The van der Waals surface area contributed by atoms with E-state index in [1.54, 1.807) is 4.57 Å². The summed E-state index contributed by atoms with van der Waals surface area (Å²) in [5.41, 5.74) is 3.81. The van der Waals surface area contributed by atoms with Gasteiger partial charge in [-0.1, -0.05) is 86.8 Å². The van der Waals surface area contributed by atoms with Crippen molar-refractivity contribution in [3.8, 4) is 22.5 Å². The van der Waals surface area contributed by atoms with Gasteiger partial charge < -0.3 is 18.8 Å². The molecule has 2 heterocycles. The SMILES string of the molecule is CCCCOC(=O)OC(C)OC(=O)c1c(Cl)nc(CCCC)n1Cc1ccc(-c2ccccc2-c2nn[nH]n2)cc1. The van der Waals surface area contributed by atoms with E-state index >= 15 is 0 Å². The van der Waals surface area contributed by atoms with Gasteiger partial charge in [0.15, 0.2) is 10.8 Å². The number of imidazole rings is 1. The monoisotopic (exact) mass is 580 g/mol. The predicted octanol–water partition coefficient (Wildman–Crippen LogP) is 6.23. The van der Waals surface area contributed by atoms with Crippen LogP contribution in [0.25, 0.3) is 22.5 Å². The number of H-pyrrole nitrogens is 1. The molecule has 2 aromatic carbocycles. The molecule has 4 aromatic rings. The third-order valence-electron chi connectivity index (χ3n) is 6.32. The number of ether oxygens (including phenoxy) is 3. The highest BCUT2D eigenvalue weighted by Crippen LogP contribution is 2.30. The third-order valence-corrected chi connectivity index (χ3v) is 6.59. The molecule has 0 aliphatic heterocycles. The van der Waals surface area contributed by atoms with E-state index in [4.69, 9.17) is 25.8 Å². The standard InChI is InChI=1S/C29H33ClN6O5/c1-4-6-12-24-31-26(30)25(28(37)40-19(3)41-29(38)39-17-7-5-2)36(24)18-20-13-15-21(16-14-20)22-10-8-9-11-23(22)27-32-34-35-33-27/h8-11,13-16,19H,4-7,12,17-18H2,1-3H3,(H,32,33,34,35). The zero-order valence-electron chi connectivity index (χ0n) is 23.3. The topological polar surface area (TPSA) is 134 Å². The van der Waals surface area contributed by atoms with E-state index in [9.17, 15) is 9.59 Å². The first-order chi connectivity index (χ1) is 19.9. The summed E-state index contributed by atoms with van der Waals surface area (Å²) in [6, 6.07) is 15.8. The smallest absolute Gasteiger partial charge is 0.434 e. The van der Waals surface area contributed by atoms with Gasteiger partial charge in [-0.2, -0.15) is 5.21 Å². The van der Waals surface area contributed by atoms with Gasteiger partial charge in [0.25, 0.3) is 0 Å². The van der Waals surface area contributed by atoms with Crippen molar-refractivity contribution in [1.82, 2.24) is 30.2 Å².